The molecule has 0 aliphatic carbocycles. The van der Waals surface area contributed by atoms with Gasteiger partial charge in [-0.25, -0.2) is 0 Å². The van der Waals surface area contributed by atoms with E-state index in [1.807, 2.05) is 66.7 Å². The number of methoxy groups -OCH3 is 1. The number of carbonyl (C=O) groups is 1. The minimum Gasteiger partial charge on any atom is -0.495 e. The highest BCUT2D eigenvalue weighted by Crippen LogP contribution is 2.36. The van der Waals surface area contributed by atoms with Crippen LogP contribution in [0, 0.1) is 0 Å². The summed E-state index contributed by atoms with van der Waals surface area (Å²) < 4.78 is 18.4. The first-order valence-electron chi connectivity index (χ1n) is 10.2. The molecule has 0 spiro atoms. The highest BCUT2D eigenvalue weighted by molar-refractivity contribution is 9.10. The number of benzene rings is 4. The fraction of sp³-hybridized carbons (Fsp3) is 0.115. The summed E-state index contributed by atoms with van der Waals surface area (Å²) in [4.78, 5) is 12.9. The van der Waals surface area contributed by atoms with Crippen LogP contribution in [0.5, 0.6) is 11.5 Å². The fourth-order valence-corrected chi connectivity index (χ4v) is 4.16. The first-order chi connectivity index (χ1) is 15.5. The lowest BCUT2D eigenvalue weighted by Crippen LogP contribution is -2.30. The summed E-state index contributed by atoms with van der Waals surface area (Å²) in [7, 11) is 1.58. The molecule has 0 radical (unpaired) electrons. The normalized spacial score (nSPS) is 12.2. The van der Waals surface area contributed by atoms with Crippen molar-refractivity contribution in [1.82, 2.24) is 0 Å². The molecule has 0 aliphatic heterocycles. The number of amides is 1. The molecule has 5 rings (SSSR count). The van der Waals surface area contributed by atoms with Gasteiger partial charge in [-0.15, -0.1) is 0 Å². The summed E-state index contributed by atoms with van der Waals surface area (Å²) in [5.74, 6) is 0.901. The lowest BCUT2D eigenvalue weighted by atomic mass is 10.1. The van der Waals surface area contributed by atoms with E-state index >= 15 is 0 Å². The van der Waals surface area contributed by atoms with Crippen molar-refractivity contribution in [2.24, 2.45) is 0 Å². The zero-order valence-electron chi connectivity index (χ0n) is 17.5. The van der Waals surface area contributed by atoms with Crippen molar-refractivity contribution in [3.05, 3.63) is 77.3 Å². The van der Waals surface area contributed by atoms with E-state index in [0.717, 1.165) is 31.6 Å². The molecule has 1 aromatic heterocycles. The Morgan fingerprint density at radius 2 is 1.72 bits per heavy atom. The molecule has 0 saturated carbocycles. The third-order valence-corrected chi connectivity index (χ3v) is 5.91. The molecule has 0 bridgehead atoms. The fourth-order valence-electron chi connectivity index (χ4n) is 3.78. The molecule has 32 heavy (non-hydrogen) atoms. The Bertz CT molecular complexity index is 1470. The Balaban J connectivity index is 1.38. The predicted octanol–water partition coefficient (Wildman–Crippen LogP) is 6.92. The molecule has 6 heteroatoms. The van der Waals surface area contributed by atoms with Gasteiger partial charge < -0.3 is 19.2 Å². The molecule has 1 heterocycles. The number of anilines is 1. The van der Waals surface area contributed by atoms with Crippen molar-refractivity contribution >= 4 is 60.2 Å². The summed E-state index contributed by atoms with van der Waals surface area (Å²) in [5.41, 5.74) is 1.99. The maximum Gasteiger partial charge on any atom is 0.265 e. The zero-order valence-corrected chi connectivity index (χ0v) is 19.1. The van der Waals surface area contributed by atoms with E-state index < -0.39 is 6.10 Å². The van der Waals surface area contributed by atoms with E-state index in [1.165, 1.54) is 0 Å². The topological polar surface area (TPSA) is 60.7 Å². The highest BCUT2D eigenvalue weighted by atomic mass is 79.9. The van der Waals surface area contributed by atoms with Crippen molar-refractivity contribution in [2.75, 3.05) is 12.4 Å². The van der Waals surface area contributed by atoms with E-state index in [4.69, 9.17) is 13.9 Å². The van der Waals surface area contributed by atoms with Gasteiger partial charge in [0.2, 0.25) is 0 Å². The van der Waals surface area contributed by atoms with Gasteiger partial charge in [-0.1, -0.05) is 46.3 Å². The van der Waals surface area contributed by atoms with Gasteiger partial charge in [0.25, 0.3) is 5.91 Å². The number of carbonyl (C=O) groups excluding carboxylic acids is 1. The molecule has 1 atom stereocenters. The van der Waals surface area contributed by atoms with E-state index in [1.54, 1.807) is 20.1 Å². The summed E-state index contributed by atoms with van der Waals surface area (Å²) >= 11 is 3.48. The Hall–Kier alpha value is -3.51. The first-order valence-corrected chi connectivity index (χ1v) is 11.0. The number of rotatable bonds is 5. The Morgan fingerprint density at radius 1 is 0.938 bits per heavy atom. The molecule has 0 aliphatic rings. The molecule has 1 unspecified atom stereocenters. The van der Waals surface area contributed by atoms with Gasteiger partial charge in [0, 0.05) is 21.3 Å². The number of para-hydroxylation sites is 1. The number of fused-ring (bicyclic) bond motifs is 4. The van der Waals surface area contributed by atoms with Gasteiger partial charge in [-0.3, -0.25) is 4.79 Å². The predicted molar refractivity (Wildman–Crippen MR) is 131 cm³/mol. The number of furan rings is 1. The van der Waals surface area contributed by atoms with Gasteiger partial charge in [0.05, 0.1) is 12.8 Å². The van der Waals surface area contributed by atoms with E-state index in [2.05, 4.69) is 21.2 Å². The van der Waals surface area contributed by atoms with Crippen LogP contribution in [-0.2, 0) is 4.79 Å². The molecule has 4 aromatic carbocycles. The minimum absolute atomic E-state index is 0.283. The SMILES string of the molecule is COc1cc2c(cc1NC(=O)C(C)Oc1ccc3cc(Br)ccc3c1)oc1ccccc12. The largest absolute Gasteiger partial charge is 0.495 e. The quantitative estimate of drug-likeness (QED) is 0.291. The summed E-state index contributed by atoms with van der Waals surface area (Å²) in [6, 6.07) is 23.2. The van der Waals surface area contributed by atoms with Gasteiger partial charge >= 0.3 is 0 Å². The zero-order chi connectivity index (χ0) is 22.2. The lowest BCUT2D eigenvalue weighted by molar-refractivity contribution is -0.122. The molecular formula is C26H20BrNO4. The van der Waals surface area contributed by atoms with Crippen LogP contribution in [0.3, 0.4) is 0 Å². The first kappa shape index (κ1) is 20.4. The van der Waals surface area contributed by atoms with Gasteiger partial charge in [0.1, 0.15) is 22.7 Å². The molecule has 5 aromatic rings. The monoisotopic (exact) mass is 489 g/mol. The molecule has 5 nitrogen and oxygen atoms in total. The maximum absolute atomic E-state index is 12.9. The van der Waals surface area contributed by atoms with Crippen LogP contribution < -0.4 is 14.8 Å². The molecule has 160 valence electrons. The molecule has 0 fully saturated rings. The standard InChI is InChI=1S/C26H20BrNO4/c1-15(31-19-10-8-16-11-18(27)9-7-17(16)12-19)26(29)28-22-14-24-21(13-25(22)30-2)20-5-3-4-6-23(20)32-24/h3-15H,1-2H3,(H,28,29). The highest BCUT2D eigenvalue weighted by Gasteiger charge is 2.19. The summed E-state index contributed by atoms with van der Waals surface area (Å²) in [6.07, 6.45) is -0.709. The van der Waals surface area contributed by atoms with Gasteiger partial charge in [-0.05, 0) is 54.1 Å². The van der Waals surface area contributed by atoms with E-state index in [-0.39, 0.29) is 5.91 Å². The van der Waals surface area contributed by atoms with Crippen LogP contribution in [0.25, 0.3) is 32.7 Å². The van der Waals surface area contributed by atoms with Crippen molar-refractivity contribution < 1.29 is 18.7 Å². The van der Waals surface area contributed by atoms with E-state index in [9.17, 15) is 4.79 Å². The van der Waals surface area contributed by atoms with Crippen LogP contribution in [0.15, 0.2) is 81.7 Å². The second-order valence-electron chi connectivity index (χ2n) is 7.55. The molecule has 1 N–H and O–H groups in total. The van der Waals surface area contributed by atoms with Crippen molar-refractivity contribution in [1.29, 1.82) is 0 Å². The molecule has 0 saturated heterocycles. The minimum atomic E-state index is -0.709. The van der Waals surface area contributed by atoms with E-state index in [0.29, 0.717) is 22.8 Å². The number of hydrogen-bond acceptors (Lipinski definition) is 4. The Morgan fingerprint density at radius 3 is 2.56 bits per heavy atom. The van der Waals surface area contributed by atoms with Crippen molar-refractivity contribution in [3.8, 4) is 11.5 Å². The smallest absolute Gasteiger partial charge is 0.265 e. The Labute approximate surface area is 193 Å². The second-order valence-corrected chi connectivity index (χ2v) is 8.47. The van der Waals surface area contributed by atoms with Crippen LogP contribution in [0.4, 0.5) is 5.69 Å². The summed E-state index contributed by atoms with van der Waals surface area (Å²) in [6.45, 7) is 1.72. The summed E-state index contributed by atoms with van der Waals surface area (Å²) in [5, 5.41) is 6.97. The third kappa shape index (κ3) is 3.78. The molecule has 1 amide bonds. The molecular weight excluding hydrogens is 470 g/mol. The average molecular weight is 490 g/mol. The van der Waals surface area contributed by atoms with Gasteiger partial charge in [0.15, 0.2) is 6.10 Å². The van der Waals surface area contributed by atoms with Crippen LogP contribution in [0.2, 0.25) is 0 Å². The van der Waals surface area contributed by atoms with Crippen LogP contribution >= 0.6 is 15.9 Å². The van der Waals surface area contributed by atoms with Gasteiger partial charge in [-0.2, -0.15) is 0 Å². The number of hydrogen-bond donors (Lipinski definition) is 1. The lowest BCUT2D eigenvalue weighted by Gasteiger charge is -2.16. The maximum atomic E-state index is 12.9. The Kier molecular flexibility index (Phi) is 5.23. The van der Waals surface area contributed by atoms with Crippen LogP contribution in [-0.4, -0.2) is 19.1 Å². The third-order valence-electron chi connectivity index (χ3n) is 5.41. The average Bonchev–Trinajstić information content (AvgIpc) is 3.15. The number of nitrogens with one attached hydrogen (secondary N) is 1. The number of ether oxygens (including phenoxy) is 2. The van der Waals surface area contributed by atoms with Crippen molar-refractivity contribution in [2.45, 2.75) is 13.0 Å². The number of halogens is 1. The van der Waals surface area contributed by atoms with Crippen molar-refractivity contribution in [3.63, 3.8) is 0 Å². The second kappa shape index (κ2) is 8.20. The van der Waals surface area contributed by atoms with Crippen LogP contribution in [0.1, 0.15) is 6.92 Å².